The number of imidazole rings is 1. The van der Waals surface area contributed by atoms with Crippen LogP contribution in [-0.4, -0.2) is 9.55 Å². The van der Waals surface area contributed by atoms with E-state index in [-0.39, 0.29) is 6.07 Å². The van der Waals surface area contributed by atoms with Crippen LogP contribution in [0.25, 0.3) is 5.69 Å². The lowest BCUT2D eigenvalue weighted by Gasteiger charge is -2.06. The van der Waals surface area contributed by atoms with Crippen molar-refractivity contribution in [2.24, 2.45) is 0 Å². The smallest absolute Gasteiger partial charge is 0.312 e. The highest BCUT2D eigenvalue weighted by Crippen LogP contribution is 2.21. The van der Waals surface area contributed by atoms with Crippen molar-refractivity contribution in [3.63, 3.8) is 0 Å². The third-order valence-electron chi connectivity index (χ3n) is 1.98. The van der Waals surface area contributed by atoms with Crippen molar-refractivity contribution < 1.29 is 17.6 Å². The van der Waals surface area contributed by atoms with Crippen molar-refractivity contribution >= 4 is 0 Å². The van der Waals surface area contributed by atoms with Crippen LogP contribution >= 0.6 is 0 Å². The minimum atomic E-state index is -1.62. The summed E-state index contributed by atoms with van der Waals surface area (Å²) in [5.41, 5.74) is -1.98. The van der Waals surface area contributed by atoms with Crippen LogP contribution in [0.4, 0.5) is 17.6 Å². The molecule has 2 aromatic rings. The SMILES string of the molecule is O=c1[nH]ccn1-c1c(F)c(F)cc(F)c1F. The van der Waals surface area contributed by atoms with Gasteiger partial charge in [0.15, 0.2) is 23.3 Å². The molecule has 2 rings (SSSR count). The van der Waals surface area contributed by atoms with Crippen molar-refractivity contribution in [1.29, 1.82) is 0 Å². The maximum Gasteiger partial charge on any atom is 0.330 e. The van der Waals surface area contributed by atoms with E-state index in [1.807, 2.05) is 0 Å². The molecular weight excluding hydrogens is 228 g/mol. The predicted octanol–water partition coefficient (Wildman–Crippen LogP) is 1.72. The van der Waals surface area contributed by atoms with Crippen molar-refractivity contribution in [2.45, 2.75) is 0 Å². The fraction of sp³-hybridized carbons (Fsp3) is 0. The number of hydrogen-bond acceptors (Lipinski definition) is 1. The van der Waals surface area contributed by atoms with E-state index >= 15 is 0 Å². The molecule has 3 nitrogen and oxygen atoms in total. The number of H-pyrrole nitrogens is 1. The highest BCUT2D eigenvalue weighted by Gasteiger charge is 2.21. The fourth-order valence-electron chi connectivity index (χ4n) is 1.27. The van der Waals surface area contributed by atoms with E-state index in [2.05, 4.69) is 4.98 Å². The molecule has 0 amide bonds. The van der Waals surface area contributed by atoms with E-state index in [0.29, 0.717) is 4.57 Å². The lowest BCUT2D eigenvalue weighted by Crippen LogP contribution is -2.18. The Kier molecular flexibility index (Phi) is 2.30. The molecule has 1 aromatic heterocycles. The normalized spacial score (nSPS) is 10.8. The molecule has 0 saturated carbocycles. The van der Waals surface area contributed by atoms with Gasteiger partial charge in [0.1, 0.15) is 5.69 Å². The zero-order valence-electron chi connectivity index (χ0n) is 7.60. The van der Waals surface area contributed by atoms with Crippen LogP contribution in [0.3, 0.4) is 0 Å². The molecule has 0 spiro atoms. The summed E-state index contributed by atoms with van der Waals surface area (Å²) in [7, 11) is 0. The summed E-state index contributed by atoms with van der Waals surface area (Å²) in [5.74, 6) is -6.38. The van der Waals surface area contributed by atoms with E-state index in [9.17, 15) is 22.4 Å². The van der Waals surface area contributed by atoms with Crippen LogP contribution in [0.5, 0.6) is 0 Å². The van der Waals surface area contributed by atoms with Crippen molar-refractivity contribution in [2.75, 3.05) is 0 Å². The van der Waals surface area contributed by atoms with Gasteiger partial charge in [0.25, 0.3) is 0 Å². The van der Waals surface area contributed by atoms with Crippen molar-refractivity contribution in [1.82, 2.24) is 9.55 Å². The van der Waals surface area contributed by atoms with Crippen LogP contribution < -0.4 is 5.69 Å². The summed E-state index contributed by atoms with van der Waals surface area (Å²) in [6, 6.07) is 0.0753. The van der Waals surface area contributed by atoms with Crippen LogP contribution in [0.2, 0.25) is 0 Å². The highest BCUT2D eigenvalue weighted by atomic mass is 19.2. The number of aromatic amines is 1. The van der Waals surface area contributed by atoms with E-state index in [0.717, 1.165) is 12.4 Å². The average Bonchev–Trinajstić information content (AvgIpc) is 2.63. The third kappa shape index (κ3) is 1.40. The molecule has 1 heterocycles. The third-order valence-corrected chi connectivity index (χ3v) is 1.98. The number of aromatic nitrogens is 2. The number of nitrogens with zero attached hydrogens (tertiary/aromatic N) is 1. The Bertz CT molecular complexity index is 576. The zero-order valence-corrected chi connectivity index (χ0v) is 7.60. The molecule has 0 saturated heterocycles. The number of hydrogen-bond donors (Lipinski definition) is 1. The molecule has 84 valence electrons. The van der Waals surface area contributed by atoms with Crippen LogP contribution in [0.15, 0.2) is 23.3 Å². The van der Waals surface area contributed by atoms with Crippen LogP contribution in [0.1, 0.15) is 0 Å². The second kappa shape index (κ2) is 3.51. The molecule has 0 unspecified atom stereocenters. The number of benzene rings is 1. The Morgan fingerprint density at radius 2 is 1.62 bits per heavy atom. The summed E-state index contributed by atoms with van der Waals surface area (Å²) >= 11 is 0. The van der Waals surface area contributed by atoms with Gasteiger partial charge >= 0.3 is 5.69 Å². The minimum Gasteiger partial charge on any atom is -0.312 e. The van der Waals surface area contributed by atoms with Gasteiger partial charge in [-0.3, -0.25) is 4.57 Å². The summed E-state index contributed by atoms with van der Waals surface area (Å²) in [4.78, 5) is 13.2. The molecular formula is C9H4F4N2O. The Hall–Kier alpha value is -2.05. The molecule has 1 aromatic carbocycles. The molecule has 1 N–H and O–H groups in total. The lowest BCUT2D eigenvalue weighted by molar-refractivity contribution is 0.447. The molecule has 0 aliphatic heterocycles. The van der Waals surface area contributed by atoms with E-state index < -0.39 is 34.6 Å². The van der Waals surface area contributed by atoms with Gasteiger partial charge in [0.2, 0.25) is 0 Å². The largest absolute Gasteiger partial charge is 0.330 e. The minimum absolute atomic E-state index is 0.0753. The van der Waals surface area contributed by atoms with Gasteiger partial charge in [0.05, 0.1) is 0 Å². The zero-order chi connectivity index (χ0) is 11.9. The molecule has 0 bridgehead atoms. The molecule has 0 aliphatic carbocycles. The van der Waals surface area contributed by atoms with Gasteiger partial charge in [-0.05, 0) is 0 Å². The van der Waals surface area contributed by atoms with E-state index in [4.69, 9.17) is 0 Å². The second-order valence-corrected chi connectivity index (χ2v) is 2.95. The molecule has 0 atom stereocenters. The first-order valence-corrected chi connectivity index (χ1v) is 4.11. The molecule has 16 heavy (non-hydrogen) atoms. The van der Waals surface area contributed by atoms with Gasteiger partial charge in [0, 0.05) is 18.5 Å². The van der Waals surface area contributed by atoms with Gasteiger partial charge < -0.3 is 4.98 Å². The standard InChI is InChI=1S/C9H4F4N2O/c10-4-3-5(11)7(13)8(6(4)12)15-2-1-14-9(15)16/h1-3H,(H,14,16). The van der Waals surface area contributed by atoms with Gasteiger partial charge in [-0.25, -0.2) is 22.4 Å². The first-order valence-electron chi connectivity index (χ1n) is 4.11. The molecule has 0 fully saturated rings. The van der Waals surface area contributed by atoms with Crippen molar-refractivity contribution in [3.05, 3.63) is 52.2 Å². The van der Waals surface area contributed by atoms with Crippen molar-refractivity contribution in [3.8, 4) is 5.69 Å². The maximum absolute atomic E-state index is 13.2. The Balaban J connectivity index is 2.84. The Morgan fingerprint density at radius 3 is 2.06 bits per heavy atom. The molecule has 7 heteroatoms. The van der Waals surface area contributed by atoms with Gasteiger partial charge in [-0.2, -0.15) is 0 Å². The first-order chi connectivity index (χ1) is 7.52. The number of nitrogens with one attached hydrogen (secondary N) is 1. The number of halogens is 4. The van der Waals surface area contributed by atoms with E-state index in [1.165, 1.54) is 0 Å². The Labute approximate surface area is 86.0 Å². The summed E-state index contributed by atoms with van der Waals surface area (Å²) in [6.07, 6.45) is 2.05. The molecule has 0 radical (unpaired) electrons. The summed E-state index contributed by atoms with van der Waals surface area (Å²) < 4.78 is 52.6. The van der Waals surface area contributed by atoms with Crippen LogP contribution in [-0.2, 0) is 0 Å². The maximum atomic E-state index is 13.2. The number of rotatable bonds is 1. The second-order valence-electron chi connectivity index (χ2n) is 2.95. The quantitative estimate of drug-likeness (QED) is 0.590. The topological polar surface area (TPSA) is 37.8 Å². The van der Waals surface area contributed by atoms with Gasteiger partial charge in [-0.15, -0.1) is 0 Å². The lowest BCUT2D eigenvalue weighted by atomic mass is 10.2. The molecule has 0 aliphatic rings. The first kappa shape index (κ1) is 10.5. The predicted molar refractivity (Wildman–Crippen MR) is 46.2 cm³/mol. The monoisotopic (exact) mass is 232 g/mol. The summed E-state index contributed by atoms with van der Waals surface area (Å²) in [5, 5.41) is 0. The van der Waals surface area contributed by atoms with Crippen LogP contribution in [0, 0.1) is 23.3 Å². The fourth-order valence-corrected chi connectivity index (χ4v) is 1.27. The summed E-state index contributed by atoms with van der Waals surface area (Å²) in [6.45, 7) is 0. The average molecular weight is 232 g/mol. The van der Waals surface area contributed by atoms with Gasteiger partial charge in [-0.1, -0.05) is 0 Å². The Morgan fingerprint density at radius 1 is 1.06 bits per heavy atom. The highest BCUT2D eigenvalue weighted by molar-refractivity contribution is 5.36. The van der Waals surface area contributed by atoms with E-state index in [1.54, 1.807) is 0 Å².